The van der Waals surface area contributed by atoms with Gasteiger partial charge < -0.3 is 15.8 Å². The van der Waals surface area contributed by atoms with E-state index in [1.54, 1.807) is 0 Å². The average Bonchev–Trinajstić information content (AvgIpc) is 2.60. The van der Waals surface area contributed by atoms with Gasteiger partial charge in [0.05, 0.1) is 13.2 Å². The fourth-order valence-corrected chi connectivity index (χ4v) is 1.41. The predicted molar refractivity (Wildman–Crippen MR) is 78.3 cm³/mol. The van der Waals surface area contributed by atoms with Gasteiger partial charge in [0.15, 0.2) is 5.96 Å². The van der Waals surface area contributed by atoms with E-state index in [1.807, 2.05) is 6.92 Å². The second kappa shape index (κ2) is 7.11. The Balaban J connectivity index is 0.00000225. The summed E-state index contributed by atoms with van der Waals surface area (Å²) in [7, 11) is 0. The highest BCUT2D eigenvalue weighted by molar-refractivity contribution is 14.0. The lowest BCUT2D eigenvalue weighted by Crippen LogP contribution is -2.34. The Hall–Kier alpha value is -0.300. The lowest BCUT2D eigenvalue weighted by Gasteiger charge is -2.18. The van der Waals surface area contributed by atoms with Gasteiger partial charge in [0, 0.05) is 18.6 Å². The molecule has 1 aliphatic heterocycles. The molecule has 1 aliphatic rings. The van der Waals surface area contributed by atoms with Crippen LogP contribution in [0.5, 0.6) is 0 Å². The maximum Gasteiger partial charge on any atom is 0.188 e. The largest absolute Gasteiger partial charge is 0.381 e. The summed E-state index contributed by atoms with van der Waals surface area (Å²) in [6.45, 7) is 10.9. The fourth-order valence-electron chi connectivity index (χ4n) is 1.41. The van der Waals surface area contributed by atoms with Gasteiger partial charge in [-0.1, -0.05) is 19.1 Å². The van der Waals surface area contributed by atoms with E-state index in [0.29, 0.717) is 12.5 Å². The van der Waals surface area contributed by atoms with Gasteiger partial charge in [-0.3, -0.25) is 4.99 Å². The van der Waals surface area contributed by atoms with Gasteiger partial charge in [-0.05, 0) is 13.3 Å². The first-order chi connectivity index (χ1) is 7.02. The molecule has 0 aliphatic carbocycles. The van der Waals surface area contributed by atoms with Crippen LogP contribution in [0, 0.1) is 5.41 Å². The first kappa shape index (κ1) is 15.7. The number of hydrogen-bond donors (Lipinski definition) is 2. The molecule has 0 spiro atoms. The number of nitrogens with two attached hydrogens (primary N) is 1. The van der Waals surface area contributed by atoms with Crippen molar-refractivity contribution < 1.29 is 4.74 Å². The van der Waals surface area contributed by atoms with E-state index >= 15 is 0 Å². The third-order valence-electron chi connectivity index (χ3n) is 2.50. The number of hydrogen-bond acceptors (Lipinski definition) is 2. The highest BCUT2D eigenvalue weighted by Crippen LogP contribution is 2.27. The molecule has 1 atom stereocenters. The van der Waals surface area contributed by atoms with Crippen molar-refractivity contribution in [3.8, 4) is 0 Å². The van der Waals surface area contributed by atoms with Crippen molar-refractivity contribution >= 4 is 29.9 Å². The van der Waals surface area contributed by atoms with Crippen molar-refractivity contribution in [1.82, 2.24) is 5.32 Å². The van der Waals surface area contributed by atoms with Gasteiger partial charge in [0.25, 0.3) is 0 Å². The lowest BCUT2D eigenvalue weighted by molar-refractivity contribution is 0.163. The standard InChI is InChI=1S/C11H21N3O.HI/c1-9(2)6-13-10(12)14-7-11(3)4-5-15-8-11;/h1,4-8H2,2-3H3,(H3,12,13,14);1H. The molecule has 1 heterocycles. The maximum absolute atomic E-state index is 5.72. The van der Waals surface area contributed by atoms with Gasteiger partial charge in [0.1, 0.15) is 0 Å². The molecule has 16 heavy (non-hydrogen) atoms. The van der Waals surface area contributed by atoms with Crippen LogP contribution in [0.3, 0.4) is 0 Å². The first-order valence-corrected chi connectivity index (χ1v) is 5.28. The highest BCUT2D eigenvalue weighted by Gasteiger charge is 2.29. The number of halogens is 1. The van der Waals surface area contributed by atoms with E-state index in [2.05, 4.69) is 23.8 Å². The van der Waals surface area contributed by atoms with Gasteiger partial charge in [-0.25, -0.2) is 0 Å². The predicted octanol–water partition coefficient (Wildman–Crippen LogP) is 1.51. The quantitative estimate of drug-likeness (QED) is 0.353. The zero-order valence-electron chi connectivity index (χ0n) is 10.1. The van der Waals surface area contributed by atoms with Gasteiger partial charge in [-0.2, -0.15) is 0 Å². The summed E-state index contributed by atoms with van der Waals surface area (Å²) in [5, 5.41) is 3.01. The Morgan fingerprint density at radius 3 is 2.81 bits per heavy atom. The molecule has 0 saturated carbocycles. The molecule has 0 aromatic carbocycles. The molecule has 0 aromatic rings. The fraction of sp³-hybridized carbons (Fsp3) is 0.727. The van der Waals surface area contributed by atoms with E-state index in [1.165, 1.54) is 0 Å². The van der Waals surface area contributed by atoms with Crippen LogP contribution in [0.1, 0.15) is 20.3 Å². The Morgan fingerprint density at radius 1 is 1.62 bits per heavy atom. The minimum absolute atomic E-state index is 0. The molecule has 4 nitrogen and oxygen atoms in total. The second-order valence-electron chi connectivity index (χ2n) is 4.63. The van der Waals surface area contributed by atoms with E-state index in [9.17, 15) is 0 Å². The van der Waals surface area contributed by atoms with E-state index in [4.69, 9.17) is 10.5 Å². The van der Waals surface area contributed by atoms with Crippen LogP contribution in [0.4, 0.5) is 0 Å². The number of aliphatic imine (C=N–C) groups is 1. The van der Waals surface area contributed by atoms with Crippen LogP contribution in [-0.4, -0.2) is 32.3 Å². The summed E-state index contributed by atoms with van der Waals surface area (Å²) in [6, 6.07) is 0. The van der Waals surface area contributed by atoms with Gasteiger partial charge in [-0.15, -0.1) is 24.0 Å². The molecule has 94 valence electrons. The SMILES string of the molecule is C=C(C)CNC(N)=NCC1(C)CCOC1.I. The van der Waals surface area contributed by atoms with Crippen LogP contribution in [-0.2, 0) is 4.74 Å². The van der Waals surface area contributed by atoms with Crippen LogP contribution in [0.25, 0.3) is 0 Å². The second-order valence-corrected chi connectivity index (χ2v) is 4.63. The molecule has 1 saturated heterocycles. The topological polar surface area (TPSA) is 59.6 Å². The Bertz CT molecular complexity index is 260. The van der Waals surface area contributed by atoms with Crippen molar-refractivity contribution in [3.05, 3.63) is 12.2 Å². The summed E-state index contributed by atoms with van der Waals surface area (Å²) in [6.07, 6.45) is 1.06. The molecule has 0 bridgehead atoms. The zero-order chi connectivity index (χ0) is 11.3. The van der Waals surface area contributed by atoms with Crippen LogP contribution in [0.2, 0.25) is 0 Å². The summed E-state index contributed by atoms with van der Waals surface area (Å²) in [5.41, 5.74) is 6.92. The molecular weight excluding hydrogens is 317 g/mol. The van der Waals surface area contributed by atoms with Crippen molar-refractivity contribution in [2.45, 2.75) is 20.3 Å². The van der Waals surface area contributed by atoms with Gasteiger partial charge in [0.2, 0.25) is 0 Å². The third kappa shape index (κ3) is 5.69. The number of guanidine groups is 1. The first-order valence-electron chi connectivity index (χ1n) is 5.28. The minimum Gasteiger partial charge on any atom is -0.381 e. The van der Waals surface area contributed by atoms with Gasteiger partial charge >= 0.3 is 0 Å². The molecule has 3 N–H and O–H groups in total. The normalized spacial score (nSPS) is 25.0. The molecule has 0 radical (unpaired) electrons. The number of rotatable bonds is 4. The molecule has 1 fully saturated rings. The smallest absolute Gasteiger partial charge is 0.188 e. The number of nitrogens with zero attached hydrogens (tertiary/aromatic N) is 1. The third-order valence-corrected chi connectivity index (χ3v) is 2.50. The maximum atomic E-state index is 5.72. The Kier molecular flexibility index (Phi) is 6.98. The molecular formula is C11H22IN3O. The molecule has 1 rings (SSSR count). The molecule has 0 aromatic heterocycles. The average molecular weight is 339 g/mol. The van der Waals surface area contributed by atoms with E-state index in [-0.39, 0.29) is 29.4 Å². The summed E-state index contributed by atoms with van der Waals surface area (Å²) in [4.78, 5) is 4.31. The molecule has 1 unspecified atom stereocenters. The molecule has 0 amide bonds. The van der Waals surface area contributed by atoms with Crippen molar-refractivity contribution in [1.29, 1.82) is 0 Å². The van der Waals surface area contributed by atoms with Crippen molar-refractivity contribution in [2.24, 2.45) is 16.1 Å². The minimum atomic E-state index is 0. The zero-order valence-corrected chi connectivity index (χ0v) is 12.4. The Labute approximate surface area is 115 Å². The summed E-state index contributed by atoms with van der Waals surface area (Å²) >= 11 is 0. The molecule has 5 heteroatoms. The van der Waals surface area contributed by atoms with E-state index in [0.717, 1.165) is 31.8 Å². The highest BCUT2D eigenvalue weighted by atomic mass is 127. The summed E-state index contributed by atoms with van der Waals surface area (Å²) < 4.78 is 5.35. The summed E-state index contributed by atoms with van der Waals surface area (Å²) in [5.74, 6) is 0.492. The van der Waals surface area contributed by atoms with Crippen LogP contribution >= 0.6 is 24.0 Å². The Morgan fingerprint density at radius 2 is 2.31 bits per heavy atom. The van der Waals surface area contributed by atoms with Crippen molar-refractivity contribution in [3.63, 3.8) is 0 Å². The van der Waals surface area contributed by atoms with Crippen molar-refractivity contribution in [2.75, 3.05) is 26.3 Å². The van der Waals surface area contributed by atoms with E-state index < -0.39 is 0 Å². The monoisotopic (exact) mass is 339 g/mol. The number of nitrogens with one attached hydrogen (secondary N) is 1. The number of ether oxygens (including phenoxy) is 1. The van der Waals surface area contributed by atoms with Crippen LogP contribution in [0.15, 0.2) is 17.1 Å². The lowest BCUT2D eigenvalue weighted by atomic mass is 9.90. The van der Waals surface area contributed by atoms with Crippen LogP contribution < -0.4 is 11.1 Å².